The Kier molecular flexibility index (Phi) is 5.03. The number of aliphatic hydroxyl groups is 1. The van der Waals surface area contributed by atoms with Gasteiger partial charge in [-0.3, -0.25) is 0 Å². The minimum Gasteiger partial charge on any atom is -0.493 e. The van der Waals surface area contributed by atoms with Crippen LogP contribution in [0.2, 0.25) is 0 Å². The molecule has 1 aromatic rings. The highest BCUT2D eigenvalue weighted by molar-refractivity contribution is 9.10. The lowest BCUT2D eigenvalue weighted by atomic mass is 10.1. The van der Waals surface area contributed by atoms with Crippen LogP contribution in [0.1, 0.15) is 18.6 Å². The topological polar surface area (TPSA) is 55.8 Å². The summed E-state index contributed by atoms with van der Waals surface area (Å²) in [6, 6.07) is 1.07. The highest BCUT2D eigenvalue weighted by Gasteiger charge is 2.27. The average molecular weight is 325 g/mol. The van der Waals surface area contributed by atoms with Gasteiger partial charge in [0.1, 0.15) is 0 Å². The van der Waals surface area contributed by atoms with Crippen LogP contribution in [0.5, 0.6) is 5.75 Å². The number of ether oxygens (including phenoxy) is 2. The Bertz CT molecular complexity index is 465. The van der Waals surface area contributed by atoms with Crippen LogP contribution in [0.25, 0.3) is 0 Å². The summed E-state index contributed by atoms with van der Waals surface area (Å²) in [5.41, 5.74) is -0.207. The van der Waals surface area contributed by atoms with Gasteiger partial charge in [0.15, 0.2) is 17.7 Å². The number of methoxy groups -OCH3 is 1. The third-order valence-corrected chi connectivity index (χ3v) is 2.73. The van der Waals surface area contributed by atoms with Crippen molar-refractivity contribution in [2.75, 3.05) is 13.7 Å². The molecule has 0 amide bonds. The van der Waals surface area contributed by atoms with Gasteiger partial charge in [0.25, 0.3) is 0 Å². The van der Waals surface area contributed by atoms with E-state index in [9.17, 15) is 18.7 Å². The van der Waals surface area contributed by atoms with Crippen molar-refractivity contribution in [3.63, 3.8) is 0 Å². The molecule has 1 N–H and O–H groups in total. The summed E-state index contributed by atoms with van der Waals surface area (Å²) in [4.78, 5) is 11.4. The normalized spacial score (nSPS) is 12.1. The van der Waals surface area contributed by atoms with Crippen LogP contribution < -0.4 is 4.74 Å². The first-order valence-corrected chi connectivity index (χ1v) is 5.79. The first-order valence-electron chi connectivity index (χ1n) is 5.00. The van der Waals surface area contributed by atoms with Crippen molar-refractivity contribution in [1.29, 1.82) is 0 Å². The molecule has 0 aromatic heterocycles. The molecule has 0 spiro atoms. The zero-order valence-electron chi connectivity index (χ0n) is 9.67. The molecule has 0 bridgehead atoms. The number of halogens is 3. The van der Waals surface area contributed by atoms with Gasteiger partial charge in [0.2, 0.25) is 5.82 Å². The Labute approximate surface area is 111 Å². The van der Waals surface area contributed by atoms with Gasteiger partial charge in [-0.1, -0.05) is 0 Å². The number of carbonyl (C=O) groups is 1. The van der Waals surface area contributed by atoms with Crippen molar-refractivity contribution < 1.29 is 28.2 Å². The first kappa shape index (κ1) is 14.8. The molecular formula is C11H11BrF2O4. The van der Waals surface area contributed by atoms with Crippen LogP contribution in [0.15, 0.2) is 10.5 Å². The highest BCUT2D eigenvalue weighted by atomic mass is 79.9. The van der Waals surface area contributed by atoms with E-state index in [1.807, 2.05) is 0 Å². The summed E-state index contributed by atoms with van der Waals surface area (Å²) < 4.78 is 35.8. The smallest absolute Gasteiger partial charge is 0.339 e. The van der Waals surface area contributed by atoms with E-state index in [0.29, 0.717) is 0 Å². The monoisotopic (exact) mass is 324 g/mol. The molecule has 7 heteroatoms. The van der Waals surface area contributed by atoms with Gasteiger partial charge in [-0.2, -0.15) is 4.39 Å². The third-order valence-electron chi connectivity index (χ3n) is 2.15. The summed E-state index contributed by atoms with van der Waals surface area (Å²) in [7, 11) is 1.10. The molecule has 0 aliphatic carbocycles. The average Bonchev–Trinajstić information content (AvgIpc) is 2.35. The maximum absolute atomic E-state index is 13.5. The predicted molar refractivity (Wildman–Crippen MR) is 62.2 cm³/mol. The molecule has 0 saturated carbocycles. The second-order valence-corrected chi connectivity index (χ2v) is 4.12. The summed E-state index contributed by atoms with van der Waals surface area (Å²) in [6.45, 7) is 1.62. The maximum atomic E-state index is 13.5. The van der Waals surface area contributed by atoms with Gasteiger partial charge in [0.05, 0.1) is 18.2 Å². The quantitative estimate of drug-likeness (QED) is 0.682. The van der Waals surface area contributed by atoms with Crippen molar-refractivity contribution in [3.8, 4) is 5.75 Å². The molecule has 100 valence electrons. The Hall–Kier alpha value is -1.21. The minimum absolute atomic E-state index is 0.0586. The molecule has 0 aliphatic heterocycles. The standard InChI is InChI=1S/C11H11BrF2O4/c1-3-18-11(16)9(15)5-4-6(12)7(13)8(14)10(5)17-2/h4,9,15H,3H2,1-2H3. The Morgan fingerprint density at radius 1 is 1.50 bits per heavy atom. The van der Waals surface area contributed by atoms with Crippen LogP contribution in [-0.2, 0) is 9.53 Å². The molecule has 0 radical (unpaired) electrons. The van der Waals surface area contributed by atoms with E-state index in [4.69, 9.17) is 0 Å². The zero-order valence-corrected chi connectivity index (χ0v) is 11.3. The first-order chi connectivity index (χ1) is 8.43. The number of benzene rings is 1. The maximum Gasteiger partial charge on any atom is 0.339 e. The summed E-state index contributed by atoms with van der Waals surface area (Å²) in [5, 5.41) is 9.71. The lowest BCUT2D eigenvalue weighted by molar-refractivity contribution is -0.153. The lowest BCUT2D eigenvalue weighted by Crippen LogP contribution is -2.17. The second-order valence-electron chi connectivity index (χ2n) is 3.26. The van der Waals surface area contributed by atoms with Gasteiger partial charge < -0.3 is 14.6 Å². The van der Waals surface area contributed by atoms with E-state index in [1.165, 1.54) is 0 Å². The number of rotatable bonds is 4. The molecule has 18 heavy (non-hydrogen) atoms. The van der Waals surface area contributed by atoms with E-state index >= 15 is 0 Å². The fourth-order valence-corrected chi connectivity index (χ4v) is 1.78. The van der Waals surface area contributed by atoms with Crippen molar-refractivity contribution in [2.45, 2.75) is 13.0 Å². The summed E-state index contributed by atoms with van der Waals surface area (Å²) in [6.07, 6.45) is -1.74. The highest BCUT2D eigenvalue weighted by Crippen LogP contribution is 2.34. The van der Waals surface area contributed by atoms with Gasteiger partial charge in [-0.15, -0.1) is 0 Å². The third kappa shape index (κ3) is 2.78. The number of carbonyl (C=O) groups excluding carboxylic acids is 1. The van der Waals surface area contributed by atoms with E-state index < -0.39 is 29.5 Å². The largest absolute Gasteiger partial charge is 0.493 e. The van der Waals surface area contributed by atoms with Gasteiger partial charge >= 0.3 is 5.97 Å². The number of esters is 1. The lowest BCUT2D eigenvalue weighted by Gasteiger charge is -2.15. The summed E-state index contributed by atoms with van der Waals surface area (Å²) in [5.74, 6) is -3.94. The SMILES string of the molecule is CCOC(=O)C(O)c1cc(Br)c(F)c(F)c1OC. The van der Waals surface area contributed by atoms with Gasteiger partial charge in [0, 0.05) is 5.56 Å². The molecule has 0 fully saturated rings. The van der Waals surface area contributed by atoms with Crippen molar-refractivity contribution in [3.05, 3.63) is 27.7 Å². The summed E-state index contributed by atoms with van der Waals surface area (Å²) >= 11 is 2.78. The van der Waals surface area contributed by atoms with Crippen LogP contribution >= 0.6 is 15.9 Å². The van der Waals surface area contributed by atoms with E-state index in [-0.39, 0.29) is 16.6 Å². The second kappa shape index (κ2) is 6.10. The molecular weight excluding hydrogens is 314 g/mol. The van der Waals surface area contributed by atoms with Crippen molar-refractivity contribution >= 4 is 21.9 Å². The van der Waals surface area contributed by atoms with Gasteiger partial charge in [-0.25, -0.2) is 9.18 Å². The van der Waals surface area contributed by atoms with Crippen molar-refractivity contribution in [2.24, 2.45) is 0 Å². The molecule has 0 heterocycles. The van der Waals surface area contributed by atoms with Crippen LogP contribution in [-0.4, -0.2) is 24.8 Å². The Balaban J connectivity index is 3.27. The molecule has 0 saturated heterocycles. The van der Waals surface area contributed by atoms with Crippen LogP contribution in [0.3, 0.4) is 0 Å². The predicted octanol–water partition coefficient (Wildman–Crippen LogP) is 2.33. The van der Waals surface area contributed by atoms with E-state index in [0.717, 1.165) is 13.2 Å². The number of hydrogen-bond donors (Lipinski definition) is 1. The minimum atomic E-state index is -1.74. The molecule has 4 nitrogen and oxygen atoms in total. The van der Waals surface area contributed by atoms with Gasteiger partial charge in [-0.05, 0) is 28.9 Å². The fourth-order valence-electron chi connectivity index (χ4n) is 1.36. The van der Waals surface area contributed by atoms with Crippen molar-refractivity contribution in [1.82, 2.24) is 0 Å². The van der Waals surface area contributed by atoms with Crippen LogP contribution in [0.4, 0.5) is 8.78 Å². The van der Waals surface area contributed by atoms with E-state index in [1.54, 1.807) is 6.92 Å². The molecule has 1 atom stereocenters. The number of hydrogen-bond acceptors (Lipinski definition) is 4. The number of aliphatic hydroxyl groups excluding tert-OH is 1. The molecule has 0 aliphatic rings. The Morgan fingerprint density at radius 2 is 2.11 bits per heavy atom. The molecule has 1 aromatic carbocycles. The van der Waals surface area contributed by atoms with Crippen LogP contribution in [0, 0.1) is 11.6 Å². The Morgan fingerprint density at radius 3 is 2.61 bits per heavy atom. The molecule has 1 unspecified atom stereocenters. The fraction of sp³-hybridized carbons (Fsp3) is 0.364. The van der Waals surface area contributed by atoms with E-state index in [2.05, 4.69) is 25.4 Å². The zero-order chi connectivity index (χ0) is 13.9. The molecule has 1 rings (SSSR count).